The van der Waals surface area contributed by atoms with E-state index in [0.717, 1.165) is 30.9 Å². The maximum atomic E-state index is 12.6. The number of piperidine rings is 1. The average molecular weight is 375 g/mol. The summed E-state index contributed by atoms with van der Waals surface area (Å²) in [6.07, 6.45) is 5.32. The van der Waals surface area contributed by atoms with Gasteiger partial charge in [0.1, 0.15) is 19.0 Å². The fourth-order valence-corrected chi connectivity index (χ4v) is 4.10. The van der Waals surface area contributed by atoms with Crippen molar-refractivity contribution >= 4 is 23.3 Å². The number of ether oxygens (including phenoxy) is 1. The Labute approximate surface area is 155 Å². The molecule has 138 valence electrons. The van der Waals surface area contributed by atoms with E-state index in [2.05, 4.69) is 14.5 Å². The first kappa shape index (κ1) is 17.0. The molecular formula is C17H21N5O3S. The molecule has 0 bridgehead atoms. The first-order valence-corrected chi connectivity index (χ1v) is 9.72. The van der Waals surface area contributed by atoms with Crippen LogP contribution in [0.3, 0.4) is 0 Å². The van der Waals surface area contributed by atoms with Crippen molar-refractivity contribution in [2.45, 2.75) is 25.3 Å². The highest BCUT2D eigenvalue weighted by molar-refractivity contribution is 7.07. The van der Waals surface area contributed by atoms with Crippen LogP contribution in [0, 0.1) is 0 Å². The summed E-state index contributed by atoms with van der Waals surface area (Å²) in [7, 11) is 0. The second kappa shape index (κ2) is 7.45. The van der Waals surface area contributed by atoms with Crippen molar-refractivity contribution in [3.63, 3.8) is 0 Å². The molecule has 26 heavy (non-hydrogen) atoms. The van der Waals surface area contributed by atoms with E-state index in [4.69, 9.17) is 4.74 Å². The zero-order valence-corrected chi connectivity index (χ0v) is 15.2. The normalized spacial score (nSPS) is 20.5. The van der Waals surface area contributed by atoms with Gasteiger partial charge in [0.25, 0.3) is 0 Å². The molecule has 0 aliphatic carbocycles. The molecule has 0 N–H and O–H groups in total. The number of aromatic nitrogens is 3. The molecule has 2 saturated heterocycles. The molecule has 0 saturated carbocycles. The highest BCUT2D eigenvalue weighted by Gasteiger charge is 2.31. The van der Waals surface area contributed by atoms with Gasteiger partial charge in [-0.2, -0.15) is 0 Å². The predicted molar refractivity (Wildman–Crippen MR) is 94.9 cm³/mol. The topological polar surface area (TPSA) is 80.6 Å². The molecule has 2 aliphatic heterocycles. The van der Waals surface area contributed by atoms with Gasteiger partial charge in [-0.3, -0.25) is 9.69 Å². The number of cyclic esters (lactones) is 1. The summed E-state index contributed by atoms with van der Waals surface area (Å²) < 4.78 is 7.01. The monoisotopic (exact) mass is 375 g/mol. The Bertz CT molecular complexity index is 775. The lowest BCUT2D eigenvalue weighted by Gasteiger charge is -2.33. The zero-order valence-electron chi connectivity index (χ0n) is 14.4. The van der Waals surface area contributed by atoms with Crippen LogP contribution < -0.4 is 0 Å². The van der Waals surface area contributed by atoms with Crippen LogP contribution in [0.2, 0.25) is 0 Å². The summed E-state index contributed by atoms with van der Waals surface area (Å²) >= 11 is 1.58. The molecule has 2 aromatic rings. The van der Waals surface area contributed by atoms with Gasteiger partial charge in [-0.15, -0.1) is 11.3 Å². The van der Waals surface area contributed by atoms with Crippen molar-refractivity contribution in [1.82, 2.24) is 24.3 Å². The van der Waals surface area contributed by atoms with Crippen molar-refractivity contribution in [2.24, 2.45) is 0 Å². The summed E-state index contributed by atoms with van der Waals surface area (Å²) in [6, 6.07) is 0. The second-order valence-electron chi connectivity index (χ2n) is 6.61. The molecule has 0 unspecified atom stereocenters. The van der Waals surface area contributed by atoms with Crippen molar-refractivity contribution in [3.8, 4) is 0 Å². The minimum absolute atomic E-state index is 0.0221. The fourth-order valence-electron chi connectivity index (χ4n) is 3.55. The lowest BCUT2D eigenvalue weighted by molar-refractivity contribution is -0.133. The molecule has 4 heterocycles. The average Bonchev–Trinajstić information content (AvgIpc) is 3.39. The van der Waals surface area contributed by atoms with Gasteiger partial charge < -0.3 is 14.2 Å². The quantitative estimate of drug-likeness (QED) is 0.792. The number of imidazole rings is 1. The third kappa shape index (κ3) is 3.57. The van der Waals surface area contributed by atoms with E-state index in [1.807, 2.05) is 28.2 Å². The zero-order chi connectivity index (χ0) is 17.9. The Morgan fingerprint density at radius 3 is 3.04 bits per heavy atom. The third-order valence-corrected chi connectivity index (χ3v) is 5.51. The van der Waals surface area contributed by atoms with E-state index in [1.165, 1.54) is 4.90 Å². The van der Waals surface area contributed by atoms with E-state index in [1.54, 1.807) is 11.3 Å². The molecule has 0 aromatic carbocycles. The number of nitrogens with zero attached hydrogens (tertiary/aromatic N) is 5. The Kier molecular flexibility index (Phi) is 4.87. The van der Waals surface area contributed by atoms with Gasteiger partial charge >= 0.3 is 6.09 Å². The van der Waals surface area contributed by atoms with Gasteiger partial charge in [-0.25, -0.2) is 14.8 Å². The summed E-state index contributed by atoms with van der Waals surface area (Å²) in [5.74, 6) is 1.18. The van der Waals surface area contributed by atoms with Gasteiger partial charge in [-0.05, 0) is 12.8 Å². The Morgan fingerprint density at radius 1 is 1.35 bits per heavy atom. The second-order valence-corrected chi connectivity index (χ2v) is 7.33. The van der Waals surface area contributed by atoms with Gasteiger partial charge in [0.05, 0.1) is 24.3 Å². The first-order valence-electron chi connectivity index (χ1n) is 8.78. The molecule has 4 rings (SSSR count). The molecule has 0 radical (unpaired) electrons. The summed E-state index contributed by atoms with van der Waals surface area (Å²) in [6.45, 7) is 3.01. The maximum Gasteiger partial charge on any atom is 0.410 e. The smallest absolute Gasteiger partial charge is 0.410 e. The number of carbonyl (C=O) groups excluding carboxylic acids is 2. The van der Waals surface area contributed by atoms with E-state index in [0.29, 0.717) is 26.2 Å². The number of amides is 2. The van der Waals surface area contributed by atoms with Crippen molar-refractivity contribution < 1.29 is 14.3 Å². The molecule has 2 aliphatic rings. The van der Waals surface area contributed by atoms with Crippen LogP contribution in [0.4, 0.5) is 4.79 Å². The number of hydrogen-bond acceptors (Lipinski definition) is 6. The lowest BCUT2D eigenvalue weighted by Crippen LogP contribution is -2.45. The van der Waals surface area contributed by atoms with E-state index >= 15 is 0 Å². The minimum atomic E-state index is -0.397. The molecular weight excluding hydrogens is 354 g/mol. The molecule has 9 heteroatoms. The summed E-state index contributed by atoms with van der Waals surface area (Å²) in [5.41, 5.74) is 2.85. The highest BCUT2D eigenvalue weighted by Crippen LogP contribution is 2.26. The molecule has 2 aromatic heterocycles. The fraction of sp³-hybridized carbons (Fsp3) is 0.529. The van der Waals surface area contributed by atoms with Crippen molar-refractivity contribution in [1.29, 1.82) is 0 Å². The van der Waals surface area contributed by atoms with Gasteiger partial charge in [-0.1, -0.05) is 0 Å². The number of rotatable bonds is 5. The third-order valence-electron chi connectivity index (χ3n) is 4.87. The predicted octanol–water partition coefficient (Wildman–Crippen LogP) is 1.55. The van der Waals surface area contributed by atoms with Crippen LogP contribution in [-0.2, 0) is 16.1 Å². The molecule has 2 fully saturated rings. The Balaban J connectivity index is 1.41. The minimum Gasteiger partial charge on any atom is -0.448 e. The number of hydrogen-bond donors (Lipinski definition) is 0. The standard InChI is InChI=1S/C17H21N5O3S/c23-15(10-22-6-7-25-17(22)24)20-4-1-2-13(8-20)16-18-3-5-21(16)9-14-11-26-12-19-14/h3,5,11-13H,1-2,4,6-10H2/t13-/m1/s1. The Hall–Kier alpha value is -2.42. The van der Waals surface area contributed by atoms with E-state index in [-0.39, 0.29) is 18.4 Å². The number of thiazole rings is 1. The summed E-state index contributed by atoms with van der Waals surface area (Å²) in [5, 5.41) is 2.04. The molecule has 1 atom stereocenters. The number of carbonyl (C=O) groups is 2. The van der Waals surface area contributed by atoms with Crippen LogP contribution >= 0.6 is 11.3 Å². The largest absolute Gasteiger partial charge is 0.448 e. The molecule has 2 amide bonds. The first-order chi connectivity index (χ1) is 12.7. The van der Waals surface area contributed by atoms with Gasteiger partial charge in [0.2, 0.25) is 5.91 Å². The highest BCUT2D eigenvalue weighted by atomic mass is 32.1. The maximum absolute atomic E-state index is 12.6. The van der Waals surface area contributed by atoms with E-state index in [9.17, 15) is 9.59 Å². The molecule has 8 nitrogen and oxygen atoms in total. The SMILES string of the molecule is O=C(CN1CCOC1=O)N1CCC[C@@H](c2nccn2Cc2cscn2)C1. The van der Waals surface area contributed by atoms with Crippen molar-refractivity contribution in [3.05, 3.63) is 34.8 Å². The van der Waals surface area contributed by atoms with E-state index < -0.39 is 6.09 Å². The van der Waals surface area contributed by atoms with Gasteiger partial charge in [0.15, 0.2) is 0 Å². The van der Waals surface area contributed by atoms with Crippen molar-refractivity contribution in [2.75, 3.05) is 32.8 Å². The van der Waals surface area contributed by atoms with Gasteiger partial charge in [0, 0.05) is 36.8 Å². The van der Waals surface area contributed by atoms with Crippen LogP contribution in [0.25, 0.3) is 0 Å². The van der Waals surface area contributed by atoms with Crippen LogP contribution in [0.1, 0.15) is 30.3 Å². The number of likely N-dealkylation sites (tertiary alicyclic amines) is 1. The summed E-state index contributed by atoms with van der Waals surface area (Å²) in [4.78, 5) is 36.4. The Morgan fingerprint density at radius 2 is 2.27 bits per heavy atom. The van der Waals surface area contributed by atoms with Crippen LogP contribution in [-0.4, -0.2) is 69.1 Å². The molecule has 0 spiro atoms. The van der Waals surface area contributed by atoms with Crippen LogP contribution in [0.5, 0.6) is 0 Å². The lowest BCUT2D eigenvalue weighted by atomic mass is 9.97. The van der Waals surface area contributed by atoms with Crippen LogP contribution in [0.15, 0.2) is 23.3 Å².